The third-order valence-corrected chi connectivity index (χ3v) is 4.82. The molecule has 0 saturated heterocycles. The molecule has 0 amide bonds. The number of nitro benzene ring substituents is 1. The standard InChI is InChI=1S/C22H21N3O6/c1-4-24(5-2)18-11-8-16-12-19(22(27)30-20(16)13-18)14(3)23-31-21(26)15-6-9-17(10-7-15)25(28)29/h6-13H,4-5H2,1-3H3/b23-14+. The molecule has 0 fully saturated rings. The first kappa shape index (κ1) is 21.7. The van der Waals surface area contributed by atoms with Gasteiger partial charge in [0.05, 0.1) is 21.8 Å². The van der Waals surface area contributed by atoms with Gasteiger partial charge in [-0.15, -0.1) is 0 Å². The molecule has 0 aliphatic rings. The minimum atomic E-state index is -0.803. The van der Waals surface area contributed by atoms with Crippen molar-refractivity contribution in [2.24, 2.45) is 5.16 Å². The van der Waals surface area contributed by atoms with E-state index in [0.29, 0.717) is 11.0 Å². The first-order valence-electron chi connectivity index (χ1n) is 9.67. The van der Waals surface area contributed by atoms with E-state index < -0.39 is 16.5 Å². The Morgan fingerprint density at radius 1 is 1.13 bits per heavy atom. The lowest BCUT2D eigenvalue weighted by Gasteiger charge is -2.21. The number of nitro groups is 1. The Labute approximate surface area is 177 Å². The number of carbonyl (C=O) groups excluding carboxylic acids is 1. The molecule has 0 atom stereocenters. The van der Waals surface area contributed by atoms with Crippen molar-refractivity contribution in [3.05, 3.63) is 80.2 Å². The van der Waals surface area contributed by atoms with E-state index in [9.17, 15) is 19.7 Å². The van der Waals surface area contributed by atoms with Gasteiger partial charge in [-0.05, 0) is 51.1 Å². The van der Waals surface area contributed by atoms with Crippen molar-refractivity contribution >= 4 is 34.0 Å². The zero-order chi connectivity index (χ0) is 22.5. The minimum absolute atomic E-state index is 0.0941. The van der Waals surface area contributed by atoms with E-state index in [-0.39, 0.29) is 22.5 Å². The van der Waals surface area contributed by atoms with Crippen molar-refractivity contribution < 1.29 is 19.0 Å². The monoisotopic (exact) mass is 423 g/mol. The summed E-state index contributed by atoms with van der Waals surface area (Å²) >= 11 is 0. The third kappa shape index (κ3) is 4.77. The normalized spacial score (nSPS) is 11.4. The second-order valence-electron chi connectivity index (χ2n) is 6.70. The molecule has 0 bridgehead atoms. The molecule has 160 valence electrons. The average molecular weight is 423 g/mol. The van der Waals surface area contributed by atoms with E-state index in [1.54, 1.807) is 6.07 Å². The third-order valence-electron chi connectivity index (χ3n) is 4.82. The molecule has 2 aromatic carbocycles. The highest BCUT2D eigenvalue weighted by Crippen LogP contribution is 2.22. The lowest BCUT2D eigenvalue weighted by atomic mass is 10.1. The fraction of sp³-hybridized carbons (Fsp3) is 0.227. The Morgan fingerprint density at radius 3 is 2.42 bits per heavy atom. The highest BCUT2D eigenvalue weighted by molar-refractivity contribution is 6.01. The number of fused-ring (bicyclic) bond motifs is 1. The van der Waals surface area contributed by atoms with Crippen LogP contribution in [0, 0.1) is 10.1 Å². The largest absolute Gasteiger partial charge is 0.422 e. The SMILES string of the molecule is CCN(CC)c1ccc2cc(/C(C)=N/OC(=O)c3ccc([N+](=O)[O-])cc3)c(=O)oc2c1. The molecule has 0 aliphatic heterocycles. The van der Waals surface area contributed by atoms with Gasteiger partial charge in [-0.1, -0.05) is 5.16 Å². The predicted molar refractivity (Wildman–Crippen MR) is 117 cm³/mol. The van der Waals surface area contributed by atoms with Crippen molar-refractivity contribution in [3.8, 4) is 0 Å². The Morgan fingerprint density at radius 2 is 1.81 bits per heavy atom. The number of benzene rings is 2. The summed E-state index contributed by atoms with van der Waals surface area (Å²) < 4.78 is 5.45. The molecule has 0 aliphatic carbocycles. The van der Waals surface area contributed by atoms with Crippen LogP contribution in [0.1, 0.15) is 36.7 Å². The second kappa shape index (κ2) is 9.21. The number of hydrogen-bond acceptors (Lipinski definition) is 8. The molecule has 1 heterocycles. The Bertz CT molecular complexity index is 1210. The molecule has 31 heavy (non-hydrogen) atoms. The maximum Gasteiger partial charge on any atom is 0.365 e. The van der Waals surface area contributed by atoms with Crippen LogP contribution in [-0.4, -0.2) is 29.7 Å². The fourth-order valence-corrected chi connectivity index (χ4v) is 3.07. The average Bonchev–Trinajstić information content (AvgIpc) is 2.77. The summed E-state index contributed by atoms with van der Waals surface area (Å²) in [5.41, 5.74) is 1.09. The van der Waals surface area contributed by atoms with Crippen LogP contribution >= 0.6 is 0 Å². The van der Waals surface area contributed by atoms with Crippen molar-refractivity contribution in [2.75, 3.05) is 18.0 Å². The molecular weight excluding hydrogens is 402 g/mol. The van der Waals surface area contributed by atoms with Gasteiger partial charge in [-0.3, -0.25) is 10.1 Å². The van der Waals surface area contributed by atoms with Crippen molar-refractivity contribution in [3.63, 3.8) is 0 Å². The number of anilines is 1. The van der Waals surface area contributed by atoms with Crippen LogP contribution in [0.5, 0.6) is 0 Å². The van der Waals surface area contributed by atoms with Gasteiger partial charge in [-0.25, -0.2) is 9.59 Å². The molecule has 0 N–H and O–H groups in total. The summed E-state index contributed by atoms with van der Waals surface area (Å²) in [6, 6.07) is 12.2. The predicted octanol–water partition coefficient (Wildman–Crippen LogP) is 4.13. The van der Waals surface area contributed by atoms with Gasteiger partial charge in [-0.2, -0.15) is 0 Å². The number of hydrogen-bond donors (Lipinski definition) is 0. The van der Waals surface area contributed by atoms with E-state index in [0.717, 1.165) is 18.8 Å². The van der Waals surface area contributed by atoms with Gasteiger partial charge in [0.2, 0.25) is 0 Å². The molecule has 9 heteroatoms. The number of nitrogens with zero attached hydrogens (tertiary/aromatic N) is 3. The van der Waals surface area contributed by atoms with Gasteiger partial charge >= 0.3 is 11.6 Å². The topological polar surface area (TPSA) is 115 Å². The lowest BCUT2D eigenvalue weighted by molar-refractivity contribution is -0.384. The summed E-state index contributed by atoms with van der Waals surface area (Å²) in [5.74, 6) is -0.803. The van der Waals surface area contributed by atoms with Crippen LogP contribution in [0.25, 0.3) is 11.0 Å². The van der Waals surface area contributed by atoms with E-state index >= 15 is 0 Å². The molecule has 3 aromatic rings. The maximum atomic E-state index is 12.4. The first-order chi connectivity index (χ1) is 14.8. The van der Waals surface area contributed by atoms with Crippen molar-refractivity contribution in [1.29, 1.82) is 0 Å². The Balaban J connectivity index is 1.83. The molecule has 0 saturated carbocycles. The van der Waals surface area contributed by atoms with Crippen LogP contribution in [0.4, 0.5) is 11.4 Å². The minimum Gasteiger partial charge on any atom is -0.422 e. The molecule has 1 aromatic heterocycles. The summed E-state index contributed by atoms with van der Waals surface area (Å²) in [5, 5.41) is 15.1. The van der Waals surface area contributed by atoms with Gasteiger partial charge in [0.25, 0.3) is 5.69 Å². The van der Waals surface area contributed by atoms with Crippen LogP contribution in [0.2, 0.25) is 0 Å². The van der Waals surface area contributed by atoms with E-state index in [1.807, 2.05) is 32.0 Å². The van der Waals surface area contributed by atoms with Gasteiger partial charge < -0.3 is 14.2 Å². The Hall–Kier alpha value is -4.01. The van der Waals surface area contributed by atoms with Crippen LogP contribution in [0.3, 0.4) is 0 Å². The zero-order valence-electron chi connectivity index (χ0n) is 17.3. The highest BCUT2D eigenvalue weighted by atomic mass is 16.7. The molecule has 3 rings (SSSR count). The quantitative estimate of drug-likeness (QED) is 0.184. The van der Waals surface area contributed by atoms with Crippen molar-refractivity contribution in [2.45, 2.75) is 20.8 Å². The number of non-ortho nitro benzene ring substituents is 1. The molecule has 0 radical (unpaired) electrons. The lowest BCUT2D eigenvalue weighted by Crippen LogP contribution is -2.21. The van der Waals surface area contributed by atoms with E-state index in [4.69, 9.17) is 9.25 Å². The Kier molecular flexibility index (Phi) is 6.44. The van der Waals surface area contributed by atoms with Gasteiger partial charge in [0.15, 0.2) is 0 Å². The van der Waals surface area contributed by atoms with E-state index in [2.05, 4.69) is 10.1 Å². The van der Waals surface area contributed by atoms with Crippen molar-refractivity contribution in [1.82, 2.24) is 0 Å². The van der Waals surface area contributed by atoms with Crippen LogP contribution < -0.4 is 10.5 Å². The number of carbonyl (C=O) groups is 1. The molecule has 9 nitrogen and oxygen atoms in total. The summed E-state index contributed by atoms with van der Waals surface area (Å²) in [6.45, 7) is 7.27. The van der Waals surface area contributed by atoms with Gasteiger partial charge in [0.1, 0.15) is 5.58 Å². The molecular formula is C22H21N3O6. The summed E-state index contributed by atoms with van der Waals surface area (Å²) in [7, 11) is 0. The first-order valence-corrected chi connectivity index (χ1v) is 9.67. The van der Waals surface area contributed by atoms with Gasteiger partial charge in [0, 0.05) is 42.4 Å². The zero-order valence-corrected chi connectivity index (χ0v) is 17.3. The number of rotatable bonds is 7. The smallest absolute Gasteiger partial charge is 0.365 e. The number of oxime groups is 1. The molecule has 0 unspecified atom stereocenters. The maximum absolute atomic E-state index is 12.4. The highest BCUT2D eigenvalue weighted by Gasteiger charge is 2.14. The molecule has 0 spiro atoms. The second-order valence-corrected chi connectivity index (χ2v) is 6.70. The summed E-state index contributed by atoms with van der Waals surface area (Å²) in [6.07, 6.45) is 0. The fourth-order valence-electron chi connectivity index (χ4n) is 3.07. The summed E-state index contributed by atoms with van der Waals surface area (Å²) in [4.78, 5) is 41.7. The van der Waals surface area contributed by atoms with E-state index in [1.165, 1.54) is 31.2 Å². The van der Waals surface area contributed by atoms with Crippen LogP contribution in [0.15, 0.2) is 62.9 Å². The van der Waals surface area contributed by atoms with Crippen LogP contribution in [-0.2, 0) is 4.84 Å².